The summed E-state index contributed by atoms with van der Waals surface area (Å²) in [5, 5.41) is 0. The van der Waals surface area contributed by atoms with Gasteiger partial charge in [-0.2, -0.15) is 0 Å². The number of methoxy groups -OCH3 is 1. The number of esters is 1. The largest absolute Gasteiger partial charge is 0.496 e. The molecule has 1 aliphatic heterocycles. The Hall–Kier alpha value is -2.56. The van der Waals surface area contributed by atoms with Gasteiger partial charge >= 0.3 is 5.97 Å². The second kappa shape index (κ2) is 6.91. The van der Waals surface area contributed by atoms with E-state index in [0.29, 0.717) is 34.0 Å². The molecule has 2 rings (SSSR count). The van der Waals surface area contributed by atoms with Crippen molar-refractivity contribution < 1.29 is 23.8 Å². The Labute approximate surface area is 141 Å². The van der Waals surface area contributed by atoms with E-state index in [9.17, 15) is 9.59 Å². The van der Waals surface area contributed by atoms with E-state index in [1.165, 1.54) is 7.11 Å². The first-order valence-electron chi connectivity index (χ1n) is 7.76. The van der Waals surface area contributed by atoms with Crippen LogP contribution in [-0.4, -0.2) is 18.9 Å². The maximum absolute atomic E-state index is 12.4. The lowest BCUT2D eigenvalue weighted by Crippen LogP contribution is -2.11. The number of ketones is 1. The lowest BCUT2D eigenvalue weighted by Gasteiger charge is -2.17. The monoisotopic (exact) mass is 330 g/mol. The summed E-state index contributed by atoms with van der Waals surface area (Å²) in [6, 6.07) is 3.33. The maximum atomic E-state index is 12.4. The number of hydrogen-bond acceptors (Lipinski definition) is 5. The first-order valence-corrected chi connectivity index (χ1v) is 7.76. The fourth-order valence-corrected chi connectivity index (χ4v) is 2.38. The predicted octanol–water partition coefficient (Wildman–Crippen LogP) is 4.13. The zero-order valence-electron chi connectivity index (χ0n) is 14.9. The summed E-state index contributed by atoms with van der Waals surface area (Å²) >= 11 is 0. The number of benzene rings is 1. The van der Waals surface area contributed by atoms with Gasteiger partial charge in [-0.05, 0) is 46.3 Å². The first-order chi connectivity index (χ1) is 11.3. The molecule has 0 bridgehead atoms. The average molecular weight is 330 g/mol. The maximum Gasteiger partial charge on any atom is 0.333 e. The normalized spacial score (nSPS) is 14.8. The van der Waals surface area contributed by atoms with Crippen molar-refractivity contribution in [2.45, 2.75) is 40.7 Å². The minimum atomic E-state index is -0.559. The fourth-order valence-electron chi connectivity index (χ4n) is 2.38. The second-order valence-electron chi connectivity index (χ2n) is 5.87. The zero-order valence-corrected chi connectivity index (χ0v) is 14.9. The van der Waals surface area contributed by atoms with Crippen LogP contribution in [0.15, 0.2) is 35.1 Å². The van der Waals surface area contributed by atoms with Gasteiger partial charge in [0.1, 0.15) is 17.6 Å². The molecule has 1 heterocycles. The minimum absolute atomic E-state index is 0.169. The van der Waals surface area contributed by atoms with Crippen molar-refractivity contribution in [1.82, 2.24) is 0 Å². The second-order valence-corrected chi connectivity index (χ2v) is 5.87. The standard InChI is InChI=1S/C19H22O5/c1-7-11(4)19(21)23-12(5)13-8-14-16(9-15(13)22-6)24-18(10(2)3)17(14)20/h7-9,12H,1-6H3/t12-/m0/s1. The third-order valence-corrected chi connectivity index (χ3v) is 3.93. The molecule has 0 aromatic heterocycles. The van der Waals surface area contributed by atoms with Gasteiger partial charge in [0.25, 0.3) is 0 Å². The topological polar surface area (TPSA) is 61.8 Å². The summed E-state index contributed by atoms with van der Waals surface area (Å²) in [4.78, 5) is 24.4. The Morgan fingerprint density at radius 3 is 2.46 bits per heavy atom. The molecule has 0 unspecified atom stereocenters. The molecule has 1 aliphatic rings. The molecule has 0 saturated heterocycles. The predicted molar refractivity (Wildman–Crippen MR) is 90.3 cm³/mol. The molecular weight excluding hydrogens is 308 g/mol. The van der Waals surface area contributed by atoms with Crippen LogP contribution in [0.25, 0.3) is 0 Å². The average Bonchev–Trinajstić information content (AvgIpc) is 2.89. The van der Waals surface area contributed by atoms with Crippen molar-refractivity contribution in [2.24, 2.45) is 0 Å². The molecule has 24 heavy (non-hydrogen) atoms. The number of carbonyl (C=O) groups is 2. The number of allylic oxidation sites excluding steroid dienone is 3. The minimum Gasteiger partial charge on any atom is -0.496 e. The smallest absolute Gasteiger partial charge is 0.333 e. The van der Waals surface area contributed by atoms with Crippen molar-refractivity contribution in [3.63, 3.8) is 0 Å². The van der Waals surface area contributed by atoms with Crippen LogP contribution in [0.3, 0.4) is 0 Å². The Morgan fingerprint density at radius 2 is 1.92 bits per heavy atom. The van der Waals surface area contributed by atoms with Crippen LogP contribution in [0.1, 0.15) is 56.6 Å². The van der Waals surface area contributed by atoms with Gasteiger partial charge < -0.3 is 14.2 Å². The van der Waals surface area contributed by atoms with Crippen LogP contribution in [0.4, 0.5) is 0 Å². The Bertz CT molecular complexity index is 751. The number of carbonyl (C=O) groups excluding carboxylic acids is 2. The molecule has 5 nitrogen and oxygen atoms in total. The van der Waals surface area contributed by atoms with E-state index in [0.717, 1.165) is 5.57 Å². The van der Waals surface area contributed by atoms with Gasteiger partial charge in [0.15, 0.2) is 5.76 Å². The molecule has 1 aromatic carbocycles. The molecule has 1 aromatic rings. The van der Waals surface area contributed by atoms with Gasteiger partial charge in [0.2, 0.25) is 5.78 Å². The summed E-state index contributed by atoms with van der Waals surface area (Å²) < 4.78 is 16.5. The van der Waals surface area contributed by atoms with Crippen LogP contribution in [0, 0.1) is 0 Å². The molecule has 0 spiro atoms. The number of Topliss-reactive ketones (excluding diaryl/α,β-unsaturated/α-hetero) is 1. The lowest BCUT2D eigenvalue weighted by atomic mass is 10.0. The van der Waals surface area contributed by atoms with Gasteiger partial charge in [-0.1, -0.05) is 6.08 Å². The summed E-state index contributed by atoms with van der Waals surface area (Å²) in [5.41, 5.74) is 2.40. The third kappa shape index (κ3) is 3.20. The third-order valence-electron chi connectivity index (χ3n) is 3.93. The SMILES string of the molecule is CC=C(C)C(=O)O[C@@H](C)c1cc2c(cc1OC)OC(=C(C)C)C2=O. The van der Waals surface area contributed by atoms with E-state index in [-0.39, 0.29) is 5.78 Å². The van der Waals surface area contributed by atoms with Gasteiger partial charge in [-0.25, -0.2) is 4.79 Å². The highest BCUT2D eigenvalue weighted by atomic mass is 16.5. The highest BCUT2D eigenvalue weighted by Gasteiger charge is 2.31. The molecule has 5 heteroatoms. The molecule has 0 fully saturated rings. The van der Waals surface area contributed by atoms with Crippen LogP contribution in [-0.2, 0) is 9.53 Å². The molecule has 0 amide bonds. The molecule has 128 valence electrons. The summed E-state index contributed by atoms with van der Waals surface area (Å²) in [5.74, 6) is 0.728. The number of rotatable bonds is 4. The van der Waals surface area contributed by atoms with Crippen LogP contribution in [0.2, 0.25) is 0 Å². The summed E-state index contributed by atoms with van der Waals surface area (Å²) in [7, 11) is 1.52. The molecule has 0 radical (unpaired) electrons. The van der Waals surface area contributed by atoms with Crippen LogP contribution in [0.5, 0.6) is 11.5 Å². The number of ether oxygens (including phenoxy) is 3. The van der Waals surface area contributed by atoms with Crippen molar-refractivity contribution in [3.05, 3.63) is 46.2 Å². The molecule has 0 saturated carbocycles. The van der Waals surface area contributed by atoms with E-state index < -0.39 is 12.1 Å². The van der Waals surface area contributed by atoms with Crippen molar-refractivity contribution in [3.8, 4) is 11.5 Å². The van der Waals surface area contributed by atoms with Crippen LogP contribution < -0.4 is 9.47 Å². The summed E-state index contributed by atoms with van der Waals surface area (Å²) in [6.07, 6.45) is 1.13. The van der Waals surface area contributed by atoms with Gasteiger partial charge in [-0.15, -0.1) is 0 Å². The summed E-state index contributed by atoms with van der Waals surface area (Å²) in [6.45, 7) is 8.85. The molecule has 0 aliphatic carbocycles. The number of fused-ring (bicyclic) bond motifs is 1. The van der Waals surface area contributed by atoms with E-state index in [1.54, 1.807) is 39.0 Å². The number of hydrogen-bond donors (Lipinski definition) is 0. The Morgan fingerprint density at radius 1 is 1.25 bits per heavy atom. The Balaban J connectivity index is 2.41. The first kappa shape index (κ1) is 17.8. The zero-order chi connectivity index (χ0) is 18.0. The van der Waals surface area contributed by atoms with Crippen molar-refractivity contribution in [2.75, 3.05) is 7.11 Å². The highest BCUT2D eigenvalue weighted by molar-refractivity contribution is 6.12. The lowest BCUT2D eigenvalue weighted by molar-refractivity contribution is -0.143. The van der Waals surface area contributed by atoms with E-state index in [2.05, 4.69) is 0 Å². The van der Waals surface area contributed by atoms with E-state index in [4.69, 9.17) is 14.2 Å². The van der Waals surface area contributed by atoms with Gasteiger partial charge in [0.05, 0.1) is 12.7 Å². The van der Waals surface area contributed by atoms with E-state index >= 15 is 0 Å². The van der Waals surface area contributed by atoms with Crippen LogP contribution >= 0.6 is 0 Å². The van der Waals surface area contributed by atoms with E-state index in [1.807, 2.05) is 13.8 Å². The molecule has 1 atom stereocenters. The molecule has 0 N–H and O–H groups in total. The van der Waals surface area contributed by atoms with Crippen molar-refractivity contribution >= 4 is 11.8 Å². The quantitative estimate of drug-likeness (QED) is 0.613. The van der Waals surface area contributed by atoms with Gasteiger partial charge in [-0.3, -0.25) is 4.79 Å². The fraction of sp³-hybridized carbons (Fsp3) is 0.368. The van der Waals surface area contributed by atoms with Crippen molar-refractivity contribution in [1.29, 1.82) is 0 Å². The van der Waals surface area contributed by atoms with Gasteiger partial charge in [0, 0.05) is 17.2 Å². The molecular formula is C19H22O5. The highest BCUT2D eigenvalue weighted by Crippen LogP contribution is 2.40. The Kier molecular flexibility index (Phi) is 5.12.